The molecule has 1 atom stereocenters. The van der Waals surface area contributed by atoms with E-state index in [1.165, 1.54) is 16.9 Å². The van der Waals surface area contributed by atoms with Gasteiger partial charge in [0.05, 0.1) is 9.90 Å². The summed E-state index contributed by atoms with van der Waals surface area (Å²) in [6, 6.07) is 12.0. The zero-order chi connectivity index (χ0) is 16.1. The van der Waals surface area contributed by atoms with Crippen molar-refractivity contribution in [2.24, 2.45) is 0 Å². The summed E-state index contributed by atoms with van der Waals surface area (Å²) in [6.07, 6.45) is 0.867. The Morgan fingerprint density at radius 2 is 1.95 bits per heavy atom. The molecule has 1 aromatic carbocycles. The number of amides is 1. The van der Waals surface area contributed by atoms with Gasteiger partial charge >= 0.3 is 0 Å². The van der Waals surface area contributed by atoms with Crippen LogP contribution in [0.3, 0.4) is 0 Å². The molecule has 1 N–H and O–H groups in total. The van der Waals surface area contributed by atoms with Gasteiger partial charge in [-0.1, -0.05) is 53.5 Å². The molecule has 0 aliphatic rings. The molecule has 0 saturated carbocycles. The maximum absolute atomic E-state index is 12.2. The number of carbonyl (C=O) groups excluding carboxylic acids is 1. The molecule has 0 aliphatic heterocycles. The molecule has 118 valence electrons. The molecule has 0 radical (unpaired) electrons. The molecule has 6 heteroatoms. The van der Waals surface area contributed by atoms with Gasteiger partial charge in [-0.15, -0.1) is 11.3 Å². The predicted octanol–water partition coefficient (Wildman–Crippen LogP) is 3.96. The lowest BCUT2D eigenvalue weighted by Crippen LogP contribution is -2.41. The van der Waals surface area contributed by atoms with E-state index in [4.69, 9.17) is 23.2 Å². The third kappa shape index (κ3) is 4.71. The van der Waals surface area contributed by atoms with E-state index in [0.717, 1.165) is 6.42 Å². The Bertz CT molecular complexity index is 628. The first-order chi connectivity index (χ1) is 10.5. The zero-order valence-electron chi connectivity index (χ0n) is 12.5. The first kappa shape index (κ1) is 17.3. The first-order valence-electron chi connectivity index (χ1n) is 6.90. The van der Waals surface area contributed by atoms with Gasteiger partial charge in [0, 0.05) is 12.6 Å². The van der Waals surface area contributed by atoms with Gasteiger partial charge < -0.3 is 10.2 Å². The van der Waals surface area contributed by atoms with Crippen LogP contribution >= 0.6 is 34.5 Å². The van der Waals surface area contributed by atoms with Crippen molar-refractivity contribution in [1.29, 1.82) is 0 Å². The topological polar surface area (TPSA) is 32.3 Å². The van der Waals surface area contributed by atoms with Gasteiger partial charge in [-0.2, -0.15) is 0 Å². The van der Waals surface area contributed by atoms with E-state index < -0.39 is 0 Å². The van der Waals surface area contributed by atoms with Crippen molar-refractivity contribution >= 4 is 40.4 Å². The van der Waals surface area contributed by atoms with E-state index in [2.05, 4.69) is 22.3 Å². The highest BCUT2D eigenvalue weighted by molar-refractivity contribution is 7.20. The Hall–Kier alpha value is -1.07. The Balaban J connectivity index is 1.97. The normalized spacial score (nSPS) is 12.4. The Labute approximate surface area is 144 Å². The minimum Gasteiger partial charge on any atom is -0.350 e. The molecule has 1 unspecified atom stereocenters. The summed E-state index contributed by atoms with van der Waals surface area (Å²) in [6.45, 7) is 0.546. The summed E-state index contributed by atoms with van der Waals surface area (Å²) in [5.41, 5.74) is 1.68. The van der Waals surface area contributed by atoms with Gasteiger partial charge in [0.15, 0.2) is 0 Å². The van der Waals surface area contributed by atoms with Crippen LogP contribution in [0.5, 0.6) is 0 Å². The minimum atomic E-state index is -0.187. The van der Waals surface area contributed by atoms with Crippen LogP contribution in [0.15, 0.2) is 36.4 Å². The van der Waals surface area contributed by atoms with Crippen molar-refractivity contribution < 1.29 is 4.79 Å². The first-order valence-corrected chi connectivity index (χ1v) is 8.48. The lowest BCUT2D eigenvalue weighted by molar-refractivity contribution is 0.0942. The summed E-state index contributed by atoms with van der Waals surface area (Å²) in [5, 5.41) is 2.94. The largest absolute Gasteiger partial charge is 0.350 e. The van der Waals surface area contributed by atoms with E-state index in [0.29, 0.717) is 20.8 Å². The molecule has 3 nitrogen and oxygen atoms in total. The van der Waals surface area contributed by atoms with Crippen molar-refractivity contribution in [3.05, 3.63) is 56.2 Å². The molecule has 1 aromatic heterocycles. The second-order valence-electron chi connectivity index (χ2n) is 5.26. The van der Waals surface area contributed by atoms with E-state index in [1.54, 1.807) is 6.07 Å². The molecule has 1 heterocycles. The van der Waals surface area contributed by atoms with Gasteiger partial charge in [-0.05, 0) is 32.1 Å². The van der Waals surface area contributed by atoms with Gasteiger partial charge in [-0.3, -0.25) is 4.79 Å². The smallest absolute Gasteiger partial charge is 0.253 e. The van der Waals surface area contributed by atoms with Crippen LogP contribution in [0.1, 0.15) is 15.9 Å². The summed E-state index contributed by atoms with van der Waals surface area (Å²) in [7, 11) is 4.02. The van der Waals surface area contributed by atoms with Crippen molar-refractivity contribution in [1.82, 2.24) is 10.2 Å². The molecule has 2 rings (SSSR count). The minimum absolute atomic E-state index is 0.187. The van der Waals surface area contributed by atoms with E-state index in [9.17, 15) is 4.79 Å². The molecule has 1 amide bonds. The van der Waals surface area contributed by atoms with Crippen molar-refractivity contribution in [3.63, 3.8) is 0 Å². The van der Waals surface area contributed by atoms with Crippen LogP contribution < -0.4 is 5.32 Å². The van der Waals surface area contributed by atoms with Gasteiger partial charge in [0.1, 0.15) is 4.34 Å². The summed E-state index contributed by atoms with van der Waals surface area (Å²) >= 11 is 13.1. The summed E-state index contributed by atoms with van der Waals surface area (Å²) in [4.78, 5) is 14.3. The highest BCUT2D eigenvalue weighted by Gasteiger charge is 2.17. The Morgan fingerprint density at radius 1 is 1.27 bits per heavy atom. The number of halogens is 2. The molecule has 0 aliphatic carbocycles. The van der Waals surface area contributed by atoms with Gasteiger partial charge in [-0.25, -0.2) is 0 Å². The van der Waals surface area contributed by atoms with Crippen molar-refractivity contribution in [3.8, 4) is 0 Å². The fourth-order valence-corrected chi connectivity index (χ4v) is 3.58. The molecule has 0 fully saturated rings. The standard InChI is InChI=1S/C16H18Cl2N2OS/c1-20(2)12(8-11-6-4-3-5-7-11)10-19-16(21)13-9-14(17)22-15(13)18/h3-7,9,12H,8,10H2,1-2H3,(H,19,21). The molecule has 2 aromatic rings. The average Bonchev–Trinajstić information content (AvgIpc) is 2.82. The number of nitrogens with zero attached hydrogens (tertiary/aromatic N) is 1. The molecule has 22 heavy (non-hydrogen) atoms. The number of hydrogen-bond acceptors (Lipinski definition) is 3. The van der Waals surface area contributed by atoms with E-state index in [1.807, 2.05) is 32.3 Å². The lowest BCUT2D eigenvalue weighted by Gasteiger charge is -2.24. The molecular weight excluding hydrogens is 339 g/mol. The van der Waals surface area contributed by atoms with Crippen LogP contribution in [-0.2, 0) is 6.42 Å². The molecule has 0 spiro atoms. The predicted molar refractivity (Wildman–Crippen MR) is 94.3 cm³/mol. The Morgan fingerprint density at radius 3 is 2.50 bits per heavy atom. The van der Waals surface area contributed by atoms with Crippen LogP contribution in [0.4, 0.5) is 0 Å². The third-order valence-electron chi connectivity index (χ3n) is 3.44. The van der Waals surface area contributed by atoms with Crippen LogP contribution in [-0.4, -0.2) is 37.5 Å². The number of carbonyl (C=O) groups is 1. The lowest BCUT2D eigenvalue weighted by atomic mass is 10.1. The fourth-order valence-electron chi connectivity index (χ4n) is 2.12. The Kier molecular flexibility index (Phi) is 6.26. The van der Waals surface area contributed by atoms with Gasteiger partial charge in [0.2, 0.25) is 0 Å². The molecule has 0 saturated heterocycles. The summed E-state index contributed by atoms with van der Waals surface area (Å²) < 4.78 is 0.940. The number of likely N-dealkylation sites (N-methyl/N-ethyl adjacent to an activating group) is 1. The highest BCUT2D eigenvalue weighted by Crippen LogP contribution is 2.30. The number of benzene rings is 1. The van der Waals surface area contributed by atoms with Crippen LogP contribution in [0, 0.1) is 0 Å². The number of nitrogens with one attached hydrogen (secondary N) is 1. The van der Waals surface area contributed by atoms with Crippen molar-refractivity contribution in [2.45, 2.75) is 12.5 Å². The third-order valence-corrected chi connectivity index (χ3v) is 4.93. The number of rotatable bonds is 6. The number of thiophene rings is 1. The van der Waals surface area contributed by atoms with E-state index >= 15 is 0 Å². The van der Waals surface area contributed by atoms with Gasteiger partial charge in [0.25, 0.3) is 5.91 Å². The molecular formula is C16H18Cl2N2OS. The second kappa shape index (κ2) is 7.97. The number of hydrogen-bond donors (Lipinski definition) is 1. The SMILES string of the molecule is CN(C)C(CNC(=O)c1cc(Cl)sc1Cl)Cc1ccccc1. The summed E-state index contributed by atoms with van der Waals surface area (Å²) in [5.74, 6) is -0.187. The van der Waals surface area contributed by atoms with Crippen molar-refractivity contribution in [2.75, 3.05) is 20.6 Å². The second-order valence-corrected chi connectivity index (χ2v) is 7.54. The monoisotopic (exact) mass is 356 g/mol. The van der Waals surface area contributed by atoms with E-state index in [-0.39, 0.29) is 11.9 Å². The van der Waals surface area contributed by atoms with Crippen LogP contribution in [0.25, 0.3) is 0 Å². The maximum Gasteiger partial charge on any atom is 0.253 e. The fraction of sp³-hybridized carbons (Fsp3) is 0.312. The zero-order valence-corrected chi connectivity index (χ0v) is 14.8. The highest BCUT2D eigenvalue weighted by atomic mass is 35.5. The quantitative estimate of drug-likeness (QED) is 0.849. The molecule has 0 bridgehead atoms. The maximum atomic E-state index is 12.2. The van der Waals surface area contributed by atoms with Crippen LogP contribution in [0.2, 0.25) is 8.67 Å². The average molecular weight is 357 g/mol.